The summed E-state index contributed by atoms with van der Waals surface area (Å²) in [5.41, 5.74) is 0.472. The van der Waals surface area contributed by atoms with Crippen LogP contribution in [0.15, 0.2) is 11.6 Å². The number of carbonyl (C=O) groups is 2. The van der Waals surface area contributed by atoms with E-state index in [4.69, 9.17) is 0 Å². The maximum Gasteiger partial charge on any atom is 0.381 e. The zero-order valence-electron chi connectivity index (χ0n) is 10.2. The summed E-state index contributed by atoms with van der Waals surface area (Å²) in [6.07, 6.45) is 6.17. The molecule has 0 aromatic rings. The highest BCUT2D eigenvalue weighted by atomic mass is 17.2. The Bertz CT molecular complexity index is 256. The first-order valence-electron chi connectivity index (χ1n) is 5.70. The van der Waals surface area contributed by atoms with Crippen LogP contribution in [-0.2, 0) is 19.4 Å². The normalized spacial score (nSPS) is 11.1. The SMILES string of the molecule is CCCCC/C=C(\C)C(=O)OOC(=O)CC. The van der Waals surface area contributed by atoms with Gasteiger partial charge in [0.25, 0.3) is 0 Å². The van der Waals surface area contributed by atoms with E-state index in [-0.39, 0.29) is 6.42 Å². The van der Waals surface area contributed by atoms with Crippen molar-refractivity contribution in [3.63, 3.8) is 0 Å². The van der Waals surface area contributed by atoms with Gasteiger partial charge < -0.3 is 0 Å². The van der Waals surface area contributed by atoms with Crippen LogP contribution in [0.25, 0.3) is 0 Å². The van der Waals surface area contributed by atoms with Crippen LogP contribution in [-0.4, -0.2) is 11.9 Å². The molecule has 0 heterocycles. The van der Waals surface area contributed by atoms with Crippen LogP contribution >= 0.6 is 0 Å². The third kappa shape index (κ3) is 7.04. The van der Waals surface area contributed by atoms with Gasteiger partial charge in [-0.3, -0.25) is 0 Å². The Morgan fingerprint density at radius 1 is 1.12 bits per heavy atom. The van der Waals surface area contributed by atoms with Crippen molar-refractivity contribution >= 4 is 11.9 Å². The van der Waals surface area contributed by atoms with Gasteiger partial charge >= 0.3 is 11.9 Å². The van der Waals surface area contributed by atoms with Gasteiger partial charge in [-0.2, -0.15) is 0 Å². The van der Waals surface area contributed by atoms with Crippen LogP contribution in [0.5, 0.6) is 0 Å². The highest BCUT2D eigenvalue weighted by molar-refractivity contribution is 5.87. The third-order valence-corrected chi connectivity index (χ3v) is 2.08. The molecule has 0 rings (SSSR count). The lowest BCUT2D eigenvalue weighted by molar-refractivity contribution is -0.255. The van der Waals surface area contributed by atoms with E-state index in [1.165, 1.54) is 0 Å². The molecule has 0 aliphatic heterocycles. The highest BCUT2D eigenvalue weighted by Gasteiger charge is 2.09. The molecule has 0 fully saturated rings. The molecule has 0 aromatic heterocycles. The summed E-state index contributed by atoms with van der Waals surface area (Å²) in [6, 6.07) is 0. The molecule has 0 N–H and O–H groups in total. The van der Waals surface area contributed by atoms with Crippen molar-refractivity contribution in [2.45, 2.75) is 52.9 Å². The monoisotopic (exact) mass is 228 g/mol. The number of carbonyl (C=O) groups excluding carboxylic acids is 2. The number of allylic oxidation sites excluding steroid dienone is 1. The van der Waals surface area contributed by atoms with Crippen molar-refractivity contribution in [2.24, 2.45) is 0 Å². The van der Waals surface area contributed by atoms with Crippen molar-refractivity contribution in [3.05, 3.63) is 11.6 Å². The second-order valence-corrected chi connectivity index (χ2v) is 3.56. The molecule has 0 aliphatic rings. The first-order valence-corrected chi connectivity index (χ1v) is 5.70. The van der Waals surface area contributed by atoms with Gasteiger partial charge in [-0.25, -0.2) is 19.4 Å². The number of hydrogen-bond donors (Lipinski definition) is 0. The van der Waals surface area contributed by atoms with E-state index in [0.29, 0.717) is 5.57 Å². The van der Waals surface area contributed by atoms with Crippen molar-refractivity contribution in [2.75, 3.05) is 0 Å². The number of unbranched alkanes of at least 4 members (excludes halogenated alkanes) is 3. The van der Waals surface area contributed by atoms with Crippen LogP contribution in [0.3, 0.4) is 0 Å². The molecule has 0 aromatic carbocycles. The first-order chi connectivity index (χ1) is 7.61. The van der Waals surface area contributed by atoms with Crippen molar-refractivity contribution in [3.8, 4) is 0 Å². The lowest BCUT2D eigenvalue weighted by Gasteiger charge is -2.01. The van der Waals surface area contributed by atoms with Crippen LogP contribution in [0.4, 0.5) is 0 Å². The molecule has 16 heavy (non-hydrogen) atoms. The summed E-state index contributed by atoms with van der Waals surface area (Å²) in [6.45, 7) is 5.40. The molecular weight excluding hydrogens is 208 g/mol. The second-order valence-electron chi connectivity index (χ2n) is 3.56. The Hall–Kier alpha value is -1.32. The van der Waals surface area contributed by atoms with Gasteiger partial charge in [0.1, 0.15) is 0 Å². The van der Waals surface area contributed by atoms with Gasteiger partial charge in [-0.15, -0.1) is 0 Å². The number of rotatable bonds is 6. The molecule has 92 valence electrons. The van der Waals surface area contributed by atoms with Gasteiger partial charge in [0.15, 0.2) is 0 Å². The predicted molar refractivity (Wildman–Crippen MR) is 60.4 cm³/mol. The van der Waals surface area contributed by atoms with Crippen LogP contribution in [0, 0.1) is 0 Å². The van der Waals surface area contributed by atoms with Gasteiger partial charge in [-0.1, -0.05) is 32.8 Å². The molecule has 4 heteroatoms. The molecule has 0 saturated heterocycles. The molecule has 0 atom stereocenters. The average Bonchev–Trinajstić information content (AvgIpc) is 2.30. The van der Waals surface area contributed by atoms with Crippen LogP contribution < -0.4 is 0 Å². The van der Waals surface area contributed by atoms with E-state index in [0.717, 1.165) is 25.7 Å². The lowest BCUT2D eigenvalue weighted by atomic mass is 10.1. The van der Waals surface area contributed by atoms with Gasteiger partial charge in [0.2, 0.25) is 0 Å². The Kier molecular flexibility index (Phi) is 8.21. The molecule has 0 bridgehead atoms. The third-order valence-electron chi connectivity index (χ3n) is 2.08. The Morgan fingerprint density at radius 3 is 2.38 bits per heavy atom. The van der Waals surface area contributed by atoms with Crippen LogP contribution in [0.2, 0.25) is 0 Å². The second kappa shape index (κ2) is 8.95. The van der Waals surface area contributed by atoms with Crippen LogP contribution in [0.1, 0.15) is 52.9 Å². The zero-order chi connectivity index (χ0) is 12.4. The summed E-state index contributed by atoms with van der Waals surface area (Å²) in [4.78, 5) is 30.6. The highest BCUT2D eigenvalue weighted by Crippen LogP contribution is 2.05. The molecular formula is C12H20O4. The molecule has 0 radical (unpaired) electrons. The molecule has 4 nitrogen and oxygen atoms in total. The van der Waals surface area contributed by atoms with Crippen molar-refractivity contribution in [1.29, 1.82) is 0 Å². The first kappa shape index (κ1) is 14.7. The lowest BCUT2D eigenvalue weighted by Crippen LogP contribution is -2.11. The molecule has 0 spiro atoms. The zero-order valence-corrected chi connectivity index (χ0v) is 10.2. The average molecular weight is 228 g/mol. The minimum atomic E-state index is -0.599. The summed E-state index contributed by atoms with van der Waals surface area (Å²) >= 11 is 0. The fraction of sp³-hybridized carbons (Fsp3) is 0.667. The Balaban J connectivity index is 3.84. The predicted octanol–water partition coefficient (Wildman–Crippen LogP) is 2.92. The van der Waals surface area contributed by atoms with E-state index in [9.17, 15) is 9.59 Å². The van der Waals surface area contributed by atoms with E-state index in [1.54, 1.807) is 19.9 Å². The maximum atomic E-state index is 11.3. The largest absolute Gasteiger partial charge is 0.381 e. The molecule has 0 unspecified atom stereocenters. The summed E-state index contributed by atoms with van der Waals surface area (Å²) in [5.74, 6) is -1.15. The van der Waals surface area contributed by atoms with E-state index >= 15 is 0 Å². The minimum absolute atomic E-state index is 0.187. The van der Waals surface area contributed by atoms with E-state index in [2.05, 4.69) is 16.7 Å². The fourth-order valence-corrected chi connectivity index (χ4v) is 1.01. The number of hydrogen-bond acceptors (Lipinski definition) is 4. The van der Waals surface area contributed by atoms with Crippen molar-refractivity contribution < 1.29 is 19.4 Å². The summed E-state index contributed by atoms with van der Waals surface area (Å²) in [5, 5.41) is 0. The molecule has 0 aliphatic carbocycles. The topological polar surface area (TPSA) is 52.6 Å². The standard InChI is InChI=1S/C12H20O4/c1-4-6-7-8-9-10(3)12(14)16-15-11(13)5-2/h9H,4-8H2,1-3H3/b10-9+. The summed E-state index contributed by atoms with van der Waals surface area (Å²) in [7, 11) is 0. The molecule has 0 saturated carbocycles. The van der Waals surface area contributed by atoms with Gasteiger partial charge in [-0.05, 0) is 19.8 Å². The van der Waals surface area contributed by atoms with Gasteiger partial charge in [0.05, 0.1) is 0 Å². The fourth-order valence-electron chi connectivity index (χ4n) is 1.01. The van der Waals surface area contributed by atoms with Crippen molar-refractivity contribution in [1.82, 2.24) is 0 Å². The summed E-state index contributed by atoms with van der Waals surface area (Å²) < 4.78 is 0. The van der Waals surface area contributed by atoms with Gasteiger partial charge in [0, 0.05) is 12.0 Å². The maximum absolute atomic E-state index is 11.3. The minimum Gasteiger partial charge on any atom is -0.247 e. The Labute approximate surface area is 96.5 Å². The molecule has 0 amide bonds. The smallest absolute Gasteiger partial charge is 0.247 e. The Morgan fingerprint density at radius 2 is 1.81 bits per heavy atom. The quantitative estimate of drug-likeness (QED) is 0.303. The van der Waals surface area contributed by atoms with E-state index in [1.807, 2.05) is 0 Å². The van der Waals surface area contributed by atoms with E-state index < -0.39 is 11.9 Å².